The maximum absolute atomic E-state index is 8.83. The Morgan fingerprint density at radius 2 is 2.29 bits per heavy atom. The third kappa shape index (κ3) is 3.82. The average Bonchev–Trinajstić information content (AvgIpc) is 3.10. The zero-order valence-electron chi connectivity index (χ0n) is 9.99. The van der Waals surface area contributed by atoms with Crippen LogP contribution in [0.25, 0.3) is 0 Å². The highest BCUT2D eigenvalue weighted by Crippen LogP contribution is 2.38. The number of anilines is 1. The summed E-state index contributed by atoms with van der Waals surface area (Å²) in [6.45, 7) is 3.10. The van der Waals surface area contributed by atoms with Crippen molar-refractivity contribution in [2.24, 2.45) is 5.92 Å². The first-order valence-corrected chi connectivity index (χ1v) is 6.46. The smallest absolute Gasteiger partial charge is 0.135 e. The summed E-state index contributed by atoms with van der Waals surface area (Å²) >= 11 is 5.97. The van der Waals surface area contributed by atoms with Gasteiger partial charge in [-0.1, -0.05) is 18.5 Å². The molecule has 94 valence electrons. The van der Waals surface area contributed by atoms with Crippen molar-refractivity contribution in [1.29, 1.82) is 0 Å². The van der Waals surface area contributed by atoms with Crippen LogP contribution in [0.5, 0.6) is 0 Å². The van der Waals surface area contributed by atoms with Crippen molar-refractivity contribution < 1.29 is 5.11 Å². The van der Waals surface area contributed by atoms with Crippen LogP contribution >= 0.6 is 11.6 Å². The lowest BCUT2D eigenvalue weighted by Crippen LogP contribution is -2.14. The zero-order valence-corrected chi connectivity index (χ0v) is 10.7. The van der Waals surface area contributed by atoms with Gasteiger partial charge in [0.05, 0.1) is 0 Å². The van der Waals surface area contributed by atoms with E-state index in [1.807, 2.05) is 0 Å². The summed E-state index contributed by atoms with van der Waals surface area (Å²) < 4.78 is 0. The first-order valence-electron chi connectivity index (χ1n) is 6.08. The third-order valence-corrected chi connectivity index (χ3v) is 3.10. The first-order chi connectivity index (χ1) is 8.19. The van der Waals surface area contributed by atoms with Crippen molar-refractivity contribution in [3.63, 3.8) is 0 Å². The van der Waals surface area contributed by atoms with Crippen molar-refractivity contribution in [2.75, 3.05) is 18.5 Å². The van der Waals surface area contributed by atoms with Gasteiger partial charge in [-0.2, -0.15) is 0 Å². The van der Waals surface area contributed by atoms with Gasteiger partial charge in [-0.25, -0.2) is 9.97 Å². The van der Waals surface area contributed by atoms with Gasteiger partial charge in [-0.3, -0.25) is 0 Å². The fourth-order valence-electron chi connectivity index (χ4n) is 1.65. The fourth-order valence-corrected chi connectivity index (χ4v) is 1.84. The monoisotopic (exact) mass is 255 g/mol. The van der Waals surface area contributed by atoms with E-state index >= 15 is 0 Å². The van der Waals surface area contributed by atoms with Crippen molar-refractivity contribution in [3.8, 4) is 0 Å². The molecule has 1 unspecified atom stereocenters. The molecule has 1 aromatic heterocycles. The second-order valence-corrected chi connectivity index (χ2v) is 5.09. The predicted molar refractivity (Wildman–Crippen MR) is 68.4 cm³/mol. The van der Waals surface area contributed by atoms with E-state index in [0.29, 0.717) is 17.0 Å². The molecule has 17 heavy (non-hydrogen) atoms. The lowest BCUT2D eigenvalue weighted by molar-refractivity contribution is 0.266. The Hall–Kier alpha value is -0.870. The van der Waals surface area contributed by atoms with Crippen LogP contribution in [0.1, 0.15) is 37.9 Å². The first kappa shape index (κ1) is 12.6. The maximum Gasteiger partial charge on any atom is 0.135 e. The largest absolute Gasteiger partial charge is 0.396 e. The number of aliphatic hydroxyl groups excluding tert-OH is 1. The number of aromatic nitrogens is 2. The number of aliphatic hydroxyl groups is 1. The van der Waals surface area contributed by atoms with Gasteiger partial charge >= 0.3 is 0 Å². The molecule has 5 heteroatoms. The second-order valence-electron chi connectivity index (χ2n) is 4.71. The maximum atomic E-state index is 8.83. The highest BCUT2D eigenvalue weighted by molar-refractivity contribution is 6.29. The van der Waals surface area contributed by atoms with Crippen molar-refractivity contribution in [2.45, 2.75) is 32.1 Å². The number of hydrogen-bond acceptors (Lipinski definition) is 4. The van der Waals surface area contributed by atoms with E-state index in [4.69, 9.17) is 16.7 Å². The van der Waals surface area contributed by atoms with Crippen LogP contribution in [0, 0.1) is 5.92 Å². The number of nitrogens with one attached hydrogen (secondary N) is 1. The van der Waals surface area contributed by atoms with E-state index < -0.39 is 0 Å². The molecule has 0 spiro atoms. The van der Waals surface area contributed by atoms with Gasteiger partial charge in [0.2, 0.25) is 0 Å². The summed E-state index contributed by atoms with van der Waals surface area (Å²) in [6, 6.07) is 1.75. The van der Waals surface area contributed by atoms with Gasteiger partial charge in [0.25, 0.3) is 0 Å². The lowest BCUT2D eigenvalue weighted by Gasteiger charge is -2.12. The summed E-state index contributed by atoms with van der Waals surface area (Å²) in [4.78, 5) is 8.69. The molecule has 0 aliphatic heterocycles. The molecule has 0 bridgehead atoms. The molecule has 1 aliphatic carbocycles. The molecule has 2 rings (SSSR count). The Balaban J connectivity index is 1.95. The summed E-state index contributed by atoms with van der Waals surface area (Å²) in [5, 5.41) is 12.6. The van der Waals surface area contributed by atoms with E-state index in [0.717, 1.165) is 24.6 Å². The van der Waals surface area contributed by atoms with Gasteiger partial charge in [0, 0.05) is 25.1 Å². The highest BCUT2D eigenvalue weighted by Gasteiger charge is 2.27. The van der Waals surface area contributed by atoms with Gasteiger partial charge in [-0.15, -0.1) is 0 Å². The second kappa shape index (κ2) is 5.65. The number of rotatable bonds is 6. The molecule has 4 nitrogen and oxygen atoms in total. The van der Waals surface area contributed by atoms with Crippen LogP contribution in [-0.4, -0.2) is 28.2 Å². The summed E-state index contributed by atoms with van der Waals surface area (Å²) in [5.41, 5.74) is 0. The molecule has 1 aromatic rings. The molecule has 1 saturated carbocycles. The topological polar surface area (TPSA) is 58.0 Å². The van der Waals surface area contributed by atoms with Crippen molar-refractivity contribution in [1.82, 2.24) is 9.97 Å². The van der Waals surface area contributed by atoms with Gasteiger partial charge in [0.15, 0.2) is 0 Å². The summed E-state index contributed by atoms with van der Waals surface area (Å²) in [6.07, 6.45) is 3.13. The van der Waals surface area contributed by atoms with E-state index in [2.05, 4.69) is 22.2 Å². The van der Waals surface area contributed by atoms with Gasteiger partial charge in [0.1, 0.15) is 16.8 Å². The van der Waals surface area contributed by atoms with Crippen LogP contribution in [0.2, 0.25) is 5.15 Å². The average molecular weight is 256 g/mol. The Bertz CT molecular complexity index is 382. The quantitative estimate of drug-likeness (QED) is 0.767. The number of halogens is 1. The van der Waals surface area contributed by atoms with E-state index in [-0.39, 0.29) is 6.61 Å². The molecule has 1 atom stereocenters. The molecular weight excluding hydrogens is 238 g/mol. The summed E-state index contributed by atoms with van der Waals surface area (Å²) in [5.74, 6) is 2.56. The molecule has 1 fully saturated rings. The van der Waals surface area contributed by atoms with Crippen LogP contribution < -0.4 is 5.32 Å². The van der Waals surface area contributed by atoms with Gasteiger partial charge in [-0.05, 0) is 25.2 Å². The van der Waals surface area contributed by atoms with E-state index in [1.165, 1.54) is 12.8 Å². The Morgan fingerprint density at radius 1 is 1.53 bits per heavy atom. The standard InChI is InChI=1S/C12H18ClN3O/c1-8(4-5-17)7-14-11-6-10(13)15-12(16-11)9-2-3-9/h6,8-9,17H,2-5,7H2,1H3,(H,14,15,16). The predicted octanol–water partition coefficient (Wildman–Crippen LogP) is 2.44. The Morgan fingerprint density at radius 3 is 2.94 bits per heavy atom. The summed E-state index contributed by atoms with van der Waals surface area (Å²) in [7, 11) is 0. The van der Waals surface area contributed by atoms with Gasteiger partial charge < -0.3 is 10.4 Å². The normalized spacial score (nSPS) is 16.9. The van der Waals surface area contributed by atoms with E-state index in [9.17, 15) is 0 Å². The van der Waals surface area contributed by atoms with Crippen LogP contribution in [0.4, 0.5) is 5.82 Å². The minimum atomic E-state index is 0.223. The fraction of sp³-hybridized carbons (Fsp3) is 0.667. The van der Waals surface area contributed by atoms with Crippen molar-refractivity contribution in [3.05, 3.63) is 17.0 Å². The molecule has 0 saturated heterocycles. The lowest BCUT2D eigenvalue weighted by atomic mass is 10.1. The highest BCUT2D eigenvalue weighted by atomic mass is 35.5. The molecular formula is C12H18ClN3O. The van der Waals surface area contributed by atoms with Crippen molar-refractivity contribution >= 4 is 17.4 Å². The van der Waals surface area contributed by atoms with E-state index in [1.54, 1.807) is 6.07 Å². The Kier molecular flexibility index (Phi) is 4.18. The third-order valence-electron chi connectivity index (χ3n) is 2.91. The number of hydrogen-bond donors (Lipinski definition) is 2. The SMILES string of the molecule is CC(CCO)CNc1cc(Cl)nc(C2CC2)n1. The molecule has 0 radical (unpaired) electrons. The Labute approximate surface area is 106 Å². The molecule has 0 aromatic carbocycles. The van der Waals surface area contributed by atoms with Crippen LogP contribution in [0.15, 0.2) is 6.07 Å². The molecule has 2 N–H and O–H groups in total. The van der Waals surface area contributed by atoms with Crippen LogP contribution in [-0.2, 0) is 0 Å². The molecule has 1 aliphatic rings. The minimum absolute atomic E-state index is 0.223. The molecule has 1 heterocycles. The zero-order chi connectivity index (χ0) is 12.3. The minimum Gasteiger partial charge on any atom is -0.396 e. The number of nitrogens with zero attached hydrogens (tertiary/aromatic N) is 2. The molecule has 0 amide bonds. The van der Waals surface area contributed by atoms with Crippen LogP contribution in [0.3, 0.4) is 0 Å².